The number of rotatable bonds is 4. The molecule has 1 atom stereocenters. The first kappa shape index (κ1) is 9.72. The predicted octanol–water partition coefficient (Wildman–Crippen LogP) is 2.73. The summed E-state index contributed by atoms with van der Waals surface area (Å²) < 4.78 is 47.7. The van der Waals surface area contributed by atoms with Crippen molar-refractivity contribution in [2.75, 3.05) is 6.67 Å². The van der Waals surface area contributed by atoms with Crippen LogP contribution in [0.15, 0.2) is 0 Å². The van der Waals surface area contributed by atoms with Crippen LogP contribution < -0.4 is 0 Å². The lowest BCUT2D eigenvalue weighted by Crippen LogP contribution is -2.31. The summed E-state index contributed by atoms with van der Waals surface area (Å²) in [5, 5.41) is 0. The van der Waals surface area contributed by atoms with E-state index in [1.54, 1.807) is 0 Å². The second-order valence-corrected chi connectivity index (χ2v) is 2.13. The van der Waals surface area contributed by atoms with Crippen molar-refractivity contribution in [3.63, 3.8) is 0 Å². The van der Waals surface area contributed by atoms with Gasteiger partial charge >= 0.3 is 0 Å². The third-order valence-electron chi connectivity index (χ3n) is 1.18. The zero-order valence-corrected chi connectivity index (χ0v) is 5.71. The summed E-state index contributed by atoms with van der Waals surface area (Å²) in [6, 6.07) is 0. The van der Waals surface area contributed by atoms with Gasteiger partial charge in [-0.1, -0.05) is 13.3 Å². The van der Waals surface area contributed by atoms with Crippen molar-refractivity contribution in [3.05, 3.63) is 0 Å². The molecule has 4 heteroatoms. The van der Waals surface area contributed by atoms with Crippen LogP contribution in [0, 0.1) is 0 Å². The van der Waals surface area contributed by atoms with Gasteiger partial charge in [-0.15, -0.1) is 0 Å². The van der Waals surface area contributed by atoms with Crippen LogP contribution in [0.4, 0.5) is 17.6 Å². The molecule has 0 nitrogen and oxygen atoms in total. The Hall–Kier alpha value is -0.280. The van der Waals surface area contributed by atoms with Gasteiger partial charge in [0.2, 0.25) is 0 Å². The van der Waals surface area contributed by atoms with Gasteiger partial charge in [0.1, 0.15) is 6.67 Å². The SMILES string of the molecule is CCCC(F)(F)[C@@H](F)CF. The van der Waals surface area contributed by atoms with E-state index in [4.69, 9.17) is 0 Å². The average Bonchev–Trinajstić information content (AvgIpc) is 1.86. The van der Waals surface area contributed by atoms with E-state index < -0.39 is 25.2 Å². The smallest absolute Gasteiger partial charge is 0.248 e. The Bertz CT molecular complexity index is 91.7. The Morgan fingerprint density at radius 3 is 2.20 bits per heavy atom. The molecule has 10 heavy (non-hydrogen) atoms. The van der Waals surface area contributed by atoms with E-state index in [9.17, 15) is 17.6 Å². The van der Waals surface area contributed by atoms with Crippen molar-refractivity contribution in [2.24, 2.45) is 0 Å². The zero-order chi connectivity index (χ0) is 8.20. The maximum atomic E-state index is 12.2. The molecule has 0 saturated heterocycles. The molecule has 0 bridgehead atoms. The highest BCUT2D eigenvalue weighted by Crippen LogP contribution is 2.26. The molecule has 0 rings (SSSR count). The van der Waals surface area contributed by atoms with Gasteiger partial charge in [-0.05, 0) is 0 Å². The molecule has 0 aromatic carbocycles. The van der Waals surface area contributed by atoms with Gasteiger partial charge in [0.15, 0.2) is 6.17 Å². The van der Waals surface area contributed by atoms with Crippen LogP contribution in [0.1, 0.15) is 19.8 Å². The number of alkyl halides is 4. The first-order valence-corrected chi connectivity index (χ1v) is 3.12. The summed E-state index contributed by atoms with van der Waals surface area (Å²) in [6.07, 6.45) is -3.06. The minimum Gasteiger partial charge on any atom is -0.248 e. The van der Waals surface area contributed by atoms with Crippen LogP contribution in [0.5, 0.6) is 0 Å². The van der Waals surface area contributed by atoms with Gasteiger partial charge in [0, 0.05) is 6.42 Å². The van der Waals surface area contributed by atoms with Crippen molar-refractivity contribution in [1.29, 1.82) is 0 Å². The van der Waals surface area contributed by atoms with E-state index in [1.807, 2.05) is 0 Å². The minimum atomic E-state index is -3.48. The monoisotopic (exact) mass is 158 g/mol. The average molecular weight is 158 g/mol. The number of hydrogen-bond donors (Lipinski definition) is 0. The lowest BCUT2D eigenvalue weighted by molar-refractivity contribution is -0.0853. The maximum Gasteiger partial charge on any atom is 0.281 e. The fourth-order valence-electron chi connectivity index (χ4n) is 0.603. The molecular formula is C6H10F4. The van der Waals surface area contributed by atoms with Gasteiger partial charge in [0.05, 0.1) is 0 Å². The summed E-state index contributed by atoms with van der Waals surface area (Å²) >= 11 is 0. The van der Waals surface area contributed by atoms with Crippen LogP contribution in [-0.2, 0) is 0 Å². The molecule has 0 aromatic rings. The van der Waals surface area contributed by atoms with Crippen LogP contribution in [0.25, 0.3) is 0 Å². The van der Waals surface area contributed by atoms with Gasteiger partial charge in [0.25, 0.3) is 5.92 Å². The molecule has 0 aromatic heterocycles. The van der Waals surface area contributed by atoms with Crippen molar-refractivity contribution in [3.8, 4) is 0 Å². The topological polar surface area (TPSA) is 0 Å². The molecule has 0 saturated carbocycles. The number of hydrogen-bond acceptors (Lipinski definition) is 0. The van der Waals surface area contributed by atoms with Crippen LogP contribution in [-0.4, -0.2) is 18.8 Å². The fraction of sp³-hybridized carbons (Fsp3) is 1.00. The van der Waals surface area contributed by atoms with Crippen molar-refractivity contribution in [2.45, 2.75) is 31.9 Å². The zero-order valence-electron chi connectivity index (χ0n) is 5.71. The first-order chi connectivity index (χ1) is 4.54. The highest BCUT2D eigenvalue weighted by Gasteiger charge is 2.38. The van der Waals surface area contributed by atoms with E-state index in [-0.39, 0.29) is 6.42 Å². The maximum absolute atomic E-state index is 12.2. The van der Waals surface area contributed by atoms with Crippen molar-refractivity contribution >= 4 is 0 Å². The van der Waals surface area contributed by atoms with E-state index in [0.717, 1.165) is 0 Å². The van der Waals surface area contributed by atoms with Crippen LogP contribution >= 0.6 is 0 Å². The van der Waals surface area contributed by atoms with Crippen molar-refractivity contribution in [1.82, 2.24) is 0 Å². The van der Waals surface area contributed by atoms with E-state index in [2.05, 4.69) is 0 Å². The summed E-state index contributed by atoms with van der Waals surface area (Å²) in [6.45, 7) is -0.105. The molecule has 0 spiro atoms. The van der Waals surface area contributed by atoms with Crippen molar-refractivity contribution < 1.29 is 17.6 Å². The van der Waals surface area contributed by atoms with Gasteiger partial charge < -0.3 is 0 Å². The molecule has 62 valence electrons. The Morgan fingerprint density at radius 1 is 1.40 bits per heavy atom. The molecule has 0 heterocycles. The normalized spacial score (nSPS) is 15.3. The Labute approximate surface area is 57.2 Å². The Kier molecular flexibility index (Phi) is 3.68. The second-order valence-electron chi connectivity index (χ2n) is 2.13. The van der Waals surface area contributed by atoms with E-state index in [0.29, 0.717) is 0 Å². The third kappa shape index (κ3) is 2.54. The van der Waals surface area contributed by atoms with E-state index >= 15 is 0 Å². The molecule has 0 amide bonds. The lowest BCUT2D eigenvalue weighted by Gasteiger charge is -2.16. The summed E-state index contributed by atoms with van der Waals surface area (Å²) in [7, 11) is 0. The molecular weight excluding hydrogens is 148 g/mol. The predicted molar refractivity (Wildman–Crippen MR) is 30.7 cm³/mol. The third-order valence-corrected chi connectivity index (χ3v) is 1.18. The number of halogens is 4. The first-order valence-electron chi connectivity index (χ1n) is 3.12. The summed E-state index contributed by atoms with van der Waals surface area (Å²) in [4.78, 5) is 0. The summed E-state index contributed by atoms with van der Waals surface area (Å²) in [5.41, 5.74) is 0. The fourth-order valence-corrected chi connectivity index (χ4v) is 0.603. The lowest BCUT2D eigenvalue weighted by atomic mass is 10.1. The van der Waals surface area contributed by atoms with Gasteiger partial charge in [-0.2, -0.15) is 0 Å². The van der Waals surface area contributed by atoms with E-state index in [1.165, 1.54) is 6.92 Å². The Balaban J connectivity index is 3.82. The molecule has 0 aliphatic rings. The van der Waals surface area contributed by atoms with Gasteiger partial charge in [-0.3, -0.25) is 0 Å². The van der Waals surface area contributed by atoms with Gasteiger partial charge in [-0.25, -0.2) is 17.6 Å². The Morgan fingerprint density at radius 2 is 1.90 bits per heavy atom. The summed E-state index contributed by atoms with van der Waals surface area (Å²) in [5.74, 6) is -3.48. The minimum absolute atomic E-state index is 0.160. The quantitative estimate of drug-likeness (QED) is 0.552. The molecule has 0 unspecified atom stereocenters. The second kappa shape index (κ2) is 3.78. The highest BCUT2D eigenvalue weighted by atomic mass is 19.3. The molecule has 0 aliphatic heterocycles. The largest absolute Gasteiger partial charge is 0.281 e. The highest BCUT2D eigenvalue weighted by molar-refractivity contribution is 4.75. The molecule has 0 aliphatic carbocycles. The standard InChI is InChI=1S/C6H10F4/c1-2-3-6(9,10)5(8)4-7/h5H,2-4H2,1H3/t5-/m0/s1. The molecule has 0 radical (unpaired) electrons. The van der Waals surface area contributed by atoms with Crippen LogP contribution in [0.2, 0.25) is 0 Å². The molecule has 0 fully saturated rings. The molecule has 0 N–H and O–H groups in total. The van der Waals surface area contributed by atoms with Crippen LogP contribution in [0.3, 0.4) is 0 Å².